The SMILES string of the molecule is CC(C)CNC(=O)C(C)NCC(C)(C)C(C)C. The summed E-state index contributed by atoms with van der Waals surface area (Å²) >= 11 is 0. The molecule has 0 aromatic rings. The standard InChI is InChI=1S/C14H30N2O/c1-10(2)8-15-13(17)12(5)16-9-14(6,7)11(3)4/h10-12,16H,8-9H2,1-7H3,(H,15,17). The first-order valence-corrected chi connectivity index (χ1v) is 6.68. The van der Waals surface area contributed by atoms with Crippen LogP contribution < -0.4 is 10.6 Å². The van der Waals surface area contributed by atoms with Crippen molar-refractivity contribution in [3.63, 3.8) is 0 Å². The van der Waals surface area contributed by atoms with Crippen molar-refractivity contribution in [3.8, 4) is 0 Å². The summed E-state index contributed by atoms with van der Waals surface area (Å²) in [5, 5.41) is 6.26. The van der Waals surface area contributed by atoms with E-state index in [0.29, 0.717) is 11.8 Å². The first kappa shape index (κ1) is 16.4. The molecule has 0 spiro atoms. The second-order valence-electron chi connectivity index (χ2n) is 6.38. The van der Waals surface area contributed by atoms with Crippen LogP contribution in [0.4, 0.5) is 0 Å². The van der Waals surface area contributed by atoms with Gasteiger partial charge in [-0.25, -0.2) is 0 Å². The topological polar surface area (TPSA) is 41.1 Å². The molecular formula is C14H30N2O. The van der Waals surface area contributed by atoms with E-state index in [1.807, 2.05) is 6.92 Å². The van der Waals surface area contributed by atoms with Gasteiger partial charge in [-0.2, -0.15) is 0 Å². The van der Waals surface area contributed by atoms with Gasteiger partial charge in [0.2, 0.25) is 5.91 Å². The molecular weight excluding hydrogens is 212 g/mol. The predicted octanol–water partition coefficient (Wildman–Crippen LogP) is 2.42. The third-order valence-corrected chi connectivity index (χ3v) is 3.50. The highest BCUT2D eigenvalue weighted by atomic mass is 16.2. The van der Waals surface area contributed by atoms with Crippen LogP contribution in [0.1, 0.15) is 48.5 Å². The van der Waals surface area contributed by atoms with Gasteiger partial charge in [0, 0.05) is 13.1 Å². The van der Waals surface area contributed by atoms with Crippen LogP contribution in [-0.2, 0) is 4.79 Å². The molecule has 102 valence electrons. The summed E-state index contributed by atoms with van der Waals surface area (Å²) in [6.45, 7) is 16.6. The lowest BCUT2D eigenvalue weighted by molar-refractivity contribution is -0.123. The Morgan fingerprint density at radius 3 is 2.06 bits per heavy atom. The van der Waals surface area contributed by atoms with Crippen molar-refractivity contribution in [1.82, 2.24) is 10.6 Å². The van der Waals surface area contributed by atoms with E-state index in [1.165, 1.54) is 0 Å². The molecule has 0 radical (unpaired) electrons. The van der Waals surface area contributed by atoms with Crippen molar-refractivity contribution in [1.29, 1.82) is 0 Å². The monoisotopic (exact) mass is 242 g/mol. The minimum atomic E-state index is -0.119. The highest BCUT2D eigenvalue weighted by Crippen LogP contribution is 2.24. The van der Waals surface area contributed by atoms with Crippen molar-refractivity contribution in [2.24, 2.45) is 17.3 Å². The van der Waals surface area contributed by atoms with Gasteiger partial charge in [0.05, 0.1) is 6.04 Å². The fraction of sp³-hybridized carbons (Fsp3) is 0.929. The lowest BCUT2D eigenvalue weighted by Crippen LogP contribution is -2.47. The van der Waals surface area contributed by atoms with Gasteiger partial charge >= 0.3 is 0 Å². The molecule has 0 aromatic carbocycles. The number of carbonyl (C=O) groups excluding carboxylic acids is 1. The summed E-state index contributed by atoms with van der Waals surface area (Å²) in [5.74, 6) is 1.19. The summed E-state index contributed by atoms with van der Waals surface area (Å²) in [5.41, 5.74) is 0.215. The number of amides is 1. The van der Waals surface area contributed by atoms with E-state index in [0.717, 1.165) is 13.1 Å². The molecule has 2 N–H and O–H groups in total. The summed E-state index contributed by atoms with van der Waals surface area (Å²) in [6, 6.07) is -0.119. The number of rotatable bonds is 7. The van der Waals surface area contributed by atoms with E-state index in [2.05, 4.69) is 52.2 Å². The second-order valence-corrected chi connectivity index (χ2v) is 6.38. The second kappa shape index (κ2) is 7.00. The van der Waals surface area contributed by atoms with E-state index in [9.17, 15) is 4.79 Å². The van der Waals surface area contributed by atoms with Crippen molar-refractivity contribution >= 4 is 5.91 Å². The van der Waals surface area contributed by atoms with E-state index in [1.54, 1.807) is 0 Å². The Balaban J connectivity index is 4.01. The van der Waals surface area contributed by atoms with Crippen LogP contribution in [0, 0.1) is 17.3 Å². The average Bonchev–Trinajstić information content (AvgIpc) is 2.22. The van der Waals surface area contributed by atoms with Crippen LogP contribution in [-0.4, -0.2) is 25.0 Å². The van der Waals surface area contributed by atoms with Gasteiger partial charge < -0.3 is 10.6 Å². The molecule has 0 rings (SSSR count). The van der Waals surface area contributed by atoms with Crippen LogP contribution in [0.5, 0.6) is 0 Å². The van der Waals surface area contributed by atoms with Crippen molar-refractivity contribution < 1.29 is 4.79 Å². The summed E-state index contributed by atoms with van der Waals surface area (Å²) in [7, 11) is 0. The third kappa shape index (κ3) is 6.67. The van der Waals surface area contributed by atoms with Crippen molar-refractivity contribution in [2.75, 3.05) is 13.1 Å². The highest BCUT2D eigenvalue weighted by Gasteiger charge is 2.23. The van der Waals surface area contributed by atoms with E-state index < -0.39 is 0 Å². The Morgan fingerprint density at radius 2 is 1.65 bits per heavy atom. The maximum absolute atomic E-state index is 11.8. The Kier molecular flexibility index (Phi) is 6.76. The molecule has 3 nitrogen and oxygen atoms in total. The molecule has 17 heavy (non-hydrogen) atoms. The maximum atomic E-state index is 11.8. The van der Waals surface area contributed by atoms with E-state index >= 15 is 0 Å². The van der Waals surface area contributed by atoms with Gasteiger partial charge in [0.1, 0.15) is 0 Å². The molecule has 0 bridgehead atoms. The van der Waals surface area contributed by atoms with Crippen LogP contribution in [0.25, 0.3) is 0 Å². The highest BCUT2D eigenvalue weighted by molar-refractivity contribution is 5.81. The number of hydrogen-bond donors (Lipinski definition) is 2. The molecule has 0 aromatic heterocycles. The first-order chi connectivity index (χ1) is 7.66. The Hall–Kier alpha value is -0.570. The van der Waals surface area contributed by atoms with Gasteiger partial charge in [0.15, 0.2) is 0 Å². The predicted molar refractivity (Wildman–Crippen MR) is 73.9 cm³/mol. The van der Waals surface area contributed by atoms with Gasteiger partial charge in [0.25, 0.3) is 0 Å². The van der Waals surface area contributed by atoms with Crippen LogP contribution in [0.15, 0.2) is 0 Å². The normalized spacial score (nSPS) is 14.2. The molecule has 1 atom stereocenters. The molecule has 3 heteroatoms. The number of hydrogen-bond acceptors (Lipinski definition) is 2. The Labute approximate surface area is 107 Å². The zero-order valence-electron chi connectivity index (χ0n) is 12.6. The van der Waals surface area contributed by atoms with Gasteiger partial charge in [-0.15, -0.1) is 0 Å². The Morgan fingerprint density at radius 1 is 1.12 bits per heavy atom. The minimum absolute atomic E-state index is 0.0956. The molecule has 0 aliphatic rings. The first-order valence-electron chi connectivity index (χ1n) is 6.68. The quantitative estimate of drug-likeness (QED) is 0.720. The third-order valence-electron chi connectivity index (χ3n) is 3.50. The van der Waals surface area contributed by atoms with E-state index in [-0.39, 0.29) is 17.4 Å². The zero-order chi connectivity index (χ0) is 13.6. The smallest absolute Gasteiger partial charge is 0.236 e. The largest absolute Gasteiger partial charge is 0.354 e. The van der Waals surface area contributed by atoms with Crippen molar-refractivity contribution in [3.05, 3.63) is 0 Å². The minimum Gasteiger partial charge on any atom is -0.354 e. The van der Waals surface area contributed by atoms with Gasteiger partial charge in [-0.1, -0.05) is 41.5 Å². The number of nitrogens with one attached hydrogen (secondary N) is 2. The van der Waals surface area contributed by atoms with Gasteiger partial charge in [-0.05, 0) is 24.2 Å². The molecule has 0 fully saturated rings. The van der Waals surface area contributed by atoms with Crippen molar-refractivity contribution in [2.45, 2.75) is 54.5 Å². The summed E-state index contributed by atoms with van der Waals surface area (Å²) < 4.78 is 0. The molecule has 0 aliphatic heterocycles. The summed E-state index contributed by atoms with van der Waals surface area (Å²) in [6.07, 6.45) is 0. The van der Waals surface area contributed by atoms with Gasteiger partial charge in [-0.3, -0.25) is 4.79 Å². The maximum Gasteiger partial charge on any atom is 0.236 e. The van der Waals surface area contributed by atoms with Crippen LogP contribution in [0.2, 0.25) is 0 Å². The fourth-order valence-corrected chi connectivity index (χ4v) is 1.17. The molecule has 0 saturated heterocycles. The lowest BCUT2D eigenvalue weighted by atomic mass is 9.81. The fourth-order valence-electron chi connectivity index (χ4n) is 1.17. The zero-order valence-corrected chi connectivity index (χ0v) is 12.6. The van der Waals surface area contributed by atoms with E-state index in [4.69, 9.17) is 0 Å². The Bertz CT molecular complexity index is 234. The molecule has 0 saturated carbocycles. The van der Waals surface area contributed by atoms with Crippen LogP contribution in [0.3, 0.4) is 0 Å². The molecule has 1 unspecified atom stereocenters. The summed E-state index contributed by atoms with van der Waals surface area (Å²) in [4.78, 5) is 11.8. The average molecular weight is 242 g/mol. The molecule has 0 aliphatic carbocycles. The van der Waals surface area contributed by atoms with Crippen LogP contribution >= 0.6 is 0 Å². The number of carbonyl (C=O) groups is 1. The lowest BCUT2D eigenvalue weighted by Gasteiger charge is -2.31. The molecule has 0 heterocycles. The molecule has 1 amide bonds.